The maximum atomic E-state index is 6.56. The monoisotopic (exact) mass is 218 g/mol. The molecular formula is C14H22N2. The van der Waals surface area contributed by atoms with Crippen molar-refractivity contribution in [1.82, 2.24) is 4.98 Å². The third-order valence-electron chi connectivity index (χ3n) is 4.05. The molecule has 1 heterocycles. The summed E-state index contributed by atoms with van der Waals surface area (Å²) in [6, 6.07) is 4.12. The number of rotatable bonds is 2. The molecule has 0 saturated heterocycles. The van der Waals surface area contributed by atoms with Gasteiger partial charge in [-0.3, -0.25) is 4.98 Å². The first kappa shape index (κ1) is 11.6. The van der Waals surface area contributed by atoms with E-state index >= 15 is 0 Å². The average Bonchev–Trinajstić information content (AvgIpc) is 2.53. The Bertz CT molecular complexity index is 323. The van der Waals surface area contributed by atoms with E-state index < -0.39 is 0 Å². The minimum Gasteiger partial charge on any atom is -0.321 e. The van der Waals surface area contributed by atoms with E-state index in [4.69, 9.17) is 5.73 Å². The Hall–Kier alpha value is -0.890. The fraction of sp³-hybridized carbons (Fsp3) is 0.643. The van der Waals surface area contributed by atoms with Gasteiger partial charge in [-0.15, -0.1) is 0 Å². The van der Waals surface area contributed by atoms with Crippen molar-refractivity contribution in [2.75, 3.05) is 0 Å². The summed E-state index contributed by atoms with van der Waals surface area (Å²) in [6.07, 6.45) is 11.1. The zero-order valence-electron chi connectivity index (χ0n) is 10.2. The van der Waals surface area contributed by atoms with Crippen molar-refractivity contribution in [3.05, 3.63) is 30.1 Å². The first-order valence-corrected chi connectivity index (χ1v) is 6.44. The van der Waals surface area contributed by atoms with Crippen molar-refractivity contribution in [1.29, 1.82) is 0 Å². The molecule has 16 heavy (non-hydrogen) atoms. The molecule has 0 aliphatic heterocycles. The molecule has 88 valence electrons. The normalized spacial score (nSPS) is 31.0. The molecule has 0 bridgehead atoms. The summed E-state index contributed by atoms with van der Waals surface area (Å²) in [5.41, 5.74) is 7.65. The molecule has 1 aromatic rings. The van der Waals surface area contributed by atoms with E-state index in [2.05, 4.69) is 18.0 Å². The van der Waals surface area contributed by atoms with Crippen molar-refractivity contribution in [2.24, 2.45) is 11.7 Å². The van der Waals surface area contributed by atoms with E-state index in [1.807, 2.05) is 18.5 Å². The topological polar surface area (TPSA) is 38.9 Å². The second-order valence-electron chi connectivity index (χ2n) is 5.10. The summed E-state index contributed by atoms with van der Waals surface area (Å²) in [4.78, 5) is 4.19. The number of pyridine rings is 1. The summed E-state index contributed by atoms with van der Waals surface area (Å²) in [5.74, 6) is 0.877. The van der Waals surface area contributed by atoms with E-state index in [0.717, 1.165) is 18.8 Å². The molecule has 0 radical (unpaired) electrons. The summed E-state index contributed by atoms with van der Waals surface area (Å²) in [6.45, 7) is 2.29. The van der Waals surface area contributed by atoms with Crippen LogP contribution in [0.2, 0.25) is 0 Å². The highest BCUT2D eigenvalue weighted by Gasteiger charge is 2.30. The number of nitrogens with zero attached hydrogens (tertiary/aromatic N) is 1. The van der Waals surface area contributed by atoms with Crippen LogP contribution in [0.3, 0.4) is 0 Å². The molecule has 1 saturated carbocycles. The summed E-state index contributed by atoms with van der Waals surface area (Å²) < 4.78 is 0. The van der Waals surface area contributed by atoms with Crippen LogP contribution in [0.5, 0.6) is 0 Å². The lowest BCUT2D eigenvalue weighted by atomic mass is 9.84. The molecule has 1 fully saturated rings. The fourth-order valence-electron chi connectivity index (χ4n) is 2.79. The number of hydrogen-bond donors (Lipinski definition) is 1. The van der Waals surface area contributed by atoms with Crippen LogP contribution in [0.25, 0.3) is 0 Å². The van der Waals surface area contributed by atoms with Crippen LogP contribution >= 0.6 is 0 Å². The highest BCUT2D eigenvalue weighted by atomic mass is 14.8. The highest BCUT2D eigenvalue weighted by molar-refractivity contribution is 5.20. The lowest BCUT2D eigenvalue weighted by Gasteiger charge is -2.28. The predicted octanol–water partition coefficient (Wildman–Crippen LogP) is 3.23. The van der Waals surface area contributed by atoms with E-state index in [0.29, 0.717) is 0 Å². The van der Waals surface area contributed by atoms with Crippen LogP contribution in [0.1, 0.15) is 51.0 Å². The van der Waals surface area contributed by atoms with Gasteiger partial charge in [0.05, 0.1) is 0 Å². The van der Waals surface area contributed by atoms with Crippen LogP contribution < -0.4 is 5.73 Å². The van der Waals surface area contributed by atoms with E-state index in [1.165, 1.54) is 31.2 Å². The second kappa shape index (κ2) is 4.96. The first-order chi connectivity index (χ1) is 7.74. The molecule has 2 atom stereocenters. The lowest BCUT2D eigenvalue weighted by Crippen LogP contribution is -2.36. The van der Waals surface area contributed by atoms with Crippen LogP contribution in [0.15, 0.2) is 24.5 Å². The molecule has 0 aromatic carbocycles. The van der Waals surface area contributed by atoms with Crippen LogP contribution in [0.4, 0.5) is 0 Å². The van der Waals surface area contributed by atoms with Gasteiger partial charge in [0.2, 0.25) is 0 Å². The molecule has 2 unspecified atom stereocenters. The Kier molecular flexibility index (Phi) is 3.59. The number of nitrogens with two attached hydrogens (primary N) is 1. The number of aromatic nitrogens is 1. The number of hydrogen-bond acceptors (Lipinski definition) is 2. The van der Waals surface area contributed by atoms with Gasteiger partial charge in [-0.2, -0.15) is 0 Å². The van der Waals surface area contributed by atoms with Gasteiger partial charge in [0, 0.05) is 17.9 Å². The summed E-state index contributed by atoms with van der Waals surface area (Å²) >= 11 is 0. The Balaban J connectivity index is 2.13. The van der Waals surface area contributed by atoms with Crippen LogP contribution in [-0.4, -0.2) is 4.98 Å². The van der Waals surface area contributed by atoms with Crippen molar-refractivity contribution in [3.63, 3.8) is 0 Å². The Morgan fingerprint density at radius 1 is 1.44 bits per heavy atom. The maximum Gasteiger partial charge on any atom is 0.0425 e. The maximum absolute atomic E-state index is 6.56. The van der Waals surface area contributed by atoms with Crippen LogP contribution in [0, 0.1) is 5.92 Å². The Morgan fingerprint density at radius 2 is 2.31 bits per heavy atom. The van der Waals surface area contributed by atoms with Crippen molar-refractivity contribution in [3.8, 4) is 0 Å². The molecular weight excluding hydrogens is 196 g/mol. The Morgan fingerprint density at radius 3 is 3.00 bits per heavy atom. The van der Waals surface area contributed by atoms with Crippen molar-refractivity contribution >= 4 is 0 Å². The zero-order chi connectivity index (χ0) is 11.4. The van der Waals surface area contributed by atoms with Crippen molar-refractivity contribution < 1.29 is 0 Å². The van der Waals surface area contributed by atoms with Crippen LogP contribution in [-0.2, 0) is 5.54 Å². The molecule has 1 aliphatic carbocycles. The van der Waals surface area contributed by atoms with E-state index in [-0.39, 0.29) is 5.54 Å². The molecule has 0 spiro atoms. The molecule has 2 nitrogen and oxygen atoms in total. The van der Waals surface area contributed by atoms with Gasteiger partial charge in [0.25, 0.3) is 0 Å². The van der Waals surface area contributed by atoms with Gasteiger partial charge >= 0.3 is 0 Å². The zero-order valence-corrected chi connectivity index (χ0v) is 10.2. The predicted molar refractivity (Wildman–Crippen MR) is 67.0 cm³/mol. The molecule has 2 heteroatoms. The largest absolute Gasteiger partial charge is 0.321 e. The molecule has 2 N–H and O–H groups in total. The Labute approximate surface area is 98.3 Å². The van der Waals surface area contributed by atoms with Gasteiger partial charge < -0.3 is 5.73 Å². The highest BCUT2D eigenvalue weighted by Crippen LogP contribution is 2.36. The summed E-state index contributed by atoms with van der Waals surface area (Å²) in [5, 5.41) is 0. The van der Waals surface area contributed by atoms with Gasteiger partial charge in [-0.05, 0) is 36.8 Å². The van der Waals surface area contributed by atoms with Gasteiger partial charge in [0.15, 0.2) is 0 Å². The third-order valence-corrected chi connectivity index (χ3v) is 4.05. The minimum atomic E-state index is -0.127. The second-order valence-corrected chi connectivity index (χ2v) is 5.10. The standard InChI is InChI=1S/C14H22N2/c1-2-12-5-3-8-14(15,9-7-12)13-6-4-10-16-11-13/h4,6,10-12H,2-3,5,7-9,15H2,1H3. The van der Waals surface area contributed by atoms with Gasteiger partial charge in [-0.25, -0.2) is 0 Å². The quantitative estimate of drug-likeness (QED) is 0.774. The SMILES string of the molecule is CCC1CCCC(N)(c2cccnc2)CC1. The lowest BCUT2D eigenvalue weighted by molar-refractivity contribution is 0.370. The van der Waals surface area contributed by atoms with E-state index in [1.54, 1.807) is 0 Å². The van der Waals surface area contributed by atoms with Crippen molar-refractivity contribution in [2.45, 2.75) is 51.0 Å². The molecule has 2 rings (SSSR count). The molecule has 0 amide bonds. The molecule has 1 aliphatic rings. The summed E-state index contributed by atoms with van der Waals surface area (Å²) in [7, 11) is 0. The average molecular weight is 218 g/mol. The van der Waals surface area contributed by atoms with Gasteiger partial charge in [0.1, 0.15) is 0 Å². The minimum absolute atomic E-state index is 0.127. The fourth-order valence-corrected chi connectivity index (χ4v) is 2.79. The van der Waals surface area contributed by atoms with E-state index in [9.17, 15) is 0 Å². The first-order valence-electron chi connectivity index (χ1n) is 6.44. The molecule has 1 aromatic heterocycles. The smallest absolute Gasteiger partial charge is 0.0425 e. The third kappa shape index (κ3) is 2.43. The van der Waals surface area contributed by atoms with Gasteiger partial charge in [-0.1, -0.05) is 32.3 Å².